The van der Waals surface area contributed by atoms with E-state index in [2.05, 4.69) is 20.8 Å². The van der Waals surface area contributed by atoms with Gasteiger partial charge in [0.1, 0.15) is 17.6 Å². The Bertz CT molecular complexity index is 1000. The van der Waals surface area contributed by atoms with Crippen molar-refractivity contribution >= 4 is 34.7 Å². The van der Waals surface area contributed by atoms with Crippen LogP contribution in [0.15, 0.2) is 52.4 Å². The average molecular weight is 439 g/mol. The first-order chi connectivity index (χ1) is 14.2. The number of methoxy groups -OCH3 is 1. The molecule has 0 bridgehead atoms. The molecule has 2 aromatic carbocycles. The highest BCUT2D eigenvalue weighted by molar-refractivity contribution is 6.30. The number of hydrogen-bond acceptors (Lipinski definition) is 5. The summed E-state index contributed by atoms with van der Waals surface area (Å²) < 4.78 is 45.2. The number of amidine groups is 1. The van der Waals surface area contributed by atoms with Crippen molar-refractivity contribution in [3.8, 4) is 5.75 Å². The number of rotatable bonds is 3. The SMILES string of the molecule is COc1ccc2c(c1)C(c1ccc(Cl)cc1)=N[C@@H](CC(F)(F)F)C(NNC(C)=O)=N2. The van der Waals surface area contributed by atoms with Crippen molar-refractivity contribution in [2.24, 2.45) is 9.98 Å². The topological polar surface area (TPSA) is 75.1 Å². The van der Waals surface area contributed by atoms with Crippen molar-refractivity contribution in [3.63, 3.8) is 0 Å². The van der Waals surface area contributed by atoms with Crippen LogP contribution >= 0.6 is 11.6 Å². The van der Waals surface area contributed by atoms with Gasteiger partial charge in [-0.25, -0.2) is 4.99 Å². The van der Waals surface area contributed by atoms with Crippen LogP contribution in [-0.2, 0) is 4.79 Å². The van der Waals surface area contributed by atoms with Gasteiger partial charge in [-0.1, -0.05) is 23.7 Å². The Labute approximate surface area is 175 Å². The summed E-state index contributed by atoms with van der Waals surface area (Å²) in [5, 5.41) is 0.481. The predicted octanol–water partition coefficient (Wildman–Crippen LogP) is 4.19. The number of nitrogens with zero attached hydrogens (tertiary/aromatic N) is 2. The second-order valence-corrected chi connectivity index (χ2v) is 6.94. The summed E-state index contributed by atoms with van der Waals surface area (Å²) in [7, 11) is 1.48. The lowest BCUT2D eigenvalue weighted by atomic mass is 10.00. The molecule has 1 heterocycles. The number of alkyl halides is 3. The van der Waals surface area contributed by atoms with E-state index < -0.39 is 24.5 Å². The van der Waals surface area contributed by atoms with Gasteiger partial charge in [-0.15, -0.1) is 0 Å². The van der Waals surface area contributed by atoms with E-state index in [4.69, 9.17) is 16.3 Å². The van der Waals surface area contributed by atoms with Crippen molar-refractivity contribution < 1.29 is 22.7 Å². The number of hydrazine groups is 1. The number of amides is 1. The summed E-state index contributed by atoms with van der Waals surface area (Å²) >= 11 is 5.96. The molecule has 1 atom stereocenters. The smallest absolute Gasteiger partial charge is 0.391 e. The van der Waals surface area contributed by atoms with Crippen LogP contribution in [0.2, 0.25) is 5.02 Å². The lowest BCUT2D eigenvalue weighted by Gasteiger charge is -2.18. The largest absolute Gasteiger partial charge is 0.497 e. The molecule has 3 rings (SSSR count). The van der Waals surface area contributed by atoms with Gasteiger partial charge >= 0.3 is 6.18 Å². The Hall–Kier alpha value is -3.07. The Morgan fingerprint density at radius 2 is 1.90 bits per heavy atom. The molecule has 2 aromatic rings. The number of carbonyl (C=O) groups is 1. The number of fused-ring (bicyclic) bond motifs is 1. The van der Waals surface area contributed by atoms with Crippen LogP contribution in [0.4, 0.5) is 18.9 Å². The highest BCUT2D eigenvalue weighted by Gasteiger charge is 2.36. The van der Waals surface area contributed by atoms with E-state index in [0.717, 1.165) is 0 Å². The molecule has 0 aliphatic carbocycles. The molecule has 2 N–H and O–H groups in total. The van der Waals surface area contributed by atoms with E-state index in [1.54, 1.807) is 42.5 Å². The van der Waals surface area contributed by atoms with Gasteiger partial charge in [-0.3, -0.25) is 20.6 Å². The van der Waals surface area contributed by atoms with Crippen LogP contribution in [0.5, 0.6) is 5.75 Å². The summed E-state index contributed by atoms with van der Waals surface area (Å²) in [5.41, 5.74) is 6.49. The van der Waals surface area contributed by atoms with E-state index in [9.17, 15) is 18.0 Å². The summed E-state index contributed by atoms with van der Waals surface area (Å²) in [5.74, 6) is -0.112. The van der Waals surface area contributed by atoms with Crippen LogP contribution in [0.1, 0.15) is 24.5 Å². The fraction of sp³-hybridized carbons (Fsp3) is 0.250. The molecule has 158 valence electrons. The lowest BCUT2D eigenvalue weighted by molar-refractivity contribution is -0.134. The second kappa shape index (κ2) is 8.74. The maximum atomic E-state index is 13.3. The molecule has 30 heavy (non-hydrogen) atoms. The van der Waals surface area contributed by atoms with Gasteiger partial charge in [-0.05, 0) is 30.3 Å². The summed E-state index contributed by atoms with van der Waals surface area (Å²) in [6.07, 6.45) is -5.77. The van der Waals surface area contributed by atoms with E-state index in [1.165, 1.54) is 14.0 Å². The van der Waals surface area contributed by atoms with Gasteiger partial charge in [0, 0.05) is 23.1 Å². The number of aliphatic imine (C=N–C) groups is 2. The Kier molecular flexibility index (Phi) is 6.31. The van der Waals surface area contributed by atoms with Crippen molar-refractivity contribution in [3.05, 3.63) is 58.6 Å². The number of benzene rings is 2. The quantitative estimate of drug-likeness (QED) is 0.705. The minimum Gasteiger partial charge on any atom is -0.497 e. The molecule has 1 amide bonds. The highest BCUT2D eigenvalue weighted by Crippen LogP contribution is 2.33. The molecule has 6 nitrogen and oxygen atoms in total. The molecule has 1 aliphatic rings. The van der Waals surface area contributed by atoms with Crippen molar-refractivity contribution in [2.75, 3.05) is 7.11 Å². The third-order valence-corrected chi connectivity index (χ3v) is 4.46. The monoisotopic (exact) mass is 438 g/mol. The van der Waals surface area contributed by atoms with E-state index in [-0.39, 0.29) is 5.84 Å². The number of ether oxygens (including phenoxy) is 1. The molecule has 0 saturated carbocycles. The minimum absolute atomic E-state index is 0.127. The molecular weight excluding hydrogens is 421 g/mol. The lowest BCUT2D eigenvalue weighted by Crippen LogP contribution is -2.46. The molecule has 0 fully saturated rings. The maximum absolute atomic E-state index is 13.3. The molecule has 0 radical (unpaired) electrons. The number of hydrogen-bond donors (Lipinski definition) is 2. The first kappa shape index (κ1) is 21.6. The zero-order chi connectivity index (χ0) is 21.9. The zero-order valence-electron chi connectivity index (χ0n) is 16.0. The van der Waals surface area contributed by atoms with E-state index >= 15 is 0 Å². The number of carbonyl (C=O) groups excluding carboxylic acids is 1. The van der Waals surface area contributed by atoms with Crippen LogP contribution in [0.3, 0.4) is 0 Å². The predicted molar refractivity (Wildman–Crippen MR) is 109 cm³/mol. The van der Waals surface area contributed by atoms with Gasteiger partial charge in [0.05, 0.1) is 24.9 Å². The molecule has 10 heteroatoms. The standard InChI is InChI=1S/C20H18ClF3N4O2/c1-11(29)27-28-19-17(10-20(22,23)24)25-18(12-3-5-13(21)6-4-12)15-9-14(30-2)7-8-16(15)26-19/h3-9,17H,10H2,1-2H3,(H,26,28)(H,27,29)/t17-/m0/s1. The van der Waals surface area contributed by atoms with Gasteiger partial charge < -0.3 is 4.74 Å². The number of halogens is 4. The molecule has 0 saturated heterocycles. The van der Waals surface area contributed by atoms with Gasteiger partial charge in [0.2, 0.25) is 5.91 Å². The van der Waals surface area contributed by atoms with Gasteiger partial charge in [0.25, 0.3) is 0 Å². The van der Waals surface area contributed by atoms with Crippen molar-refractivity contribution in [1.82, 2.24) is 10.9 Å². The van der Waals surface area contributed by atoms with Crippen LogP contribution in [-0.4, -0.2) is 36.8 Å². The third-order valence-electron chi connectivity index (χ3n) is 4.21. The first-order valence-electron chi connectivity index (χ1n) is 8.86. The van der Waals surface area contributed by atoms with Crippen LogP contribution in [0.25, 0.3) is 0 Å². The van der Waals surface area contributed by atoms with Crippen molar-refractivity contribution in [2.45, 2.75) is 25.6 Å². The average Bonchev–Trinajstić information content (AvgIpc) is 2.82. The Balaban J connectivity index is 2.19. The molecule has 0 aromatic heterocycles. The van der Waals surface area contributed by atoms with E-state index in [0.29, 0.717) is 33.3 Å². The van der Waals surface area contributed by atoms with Gasteiger partial charge in [-0.2, -0.15) is 13.2 Å². The normalized spacial score (nSPS) is 16.0. The van der Waals surface area contributed by atoms with Crippen LogP contribution < -0.4 is 15.6 Å². The maximum Gasteiger partial charge on any atom is 0.391 e. The molecule has 1 aliphatic heterocycles. The fourth-order valence-electron chi connectivity index (χ4n) is 2.88. The minimum atomic E-state index is -4.51. The third kappa shape index (κ3) is 5.29. The molecule has 0 spiro atoms. The van der Waals surface area contributed by atoms with E-state index in [1.807, 2.05) is 0 Å². The summed E-state index contributed by atoms with van der Waals surface area (Å²) in [6, 6.07) is 10.1. The zero-order valence-corrected chi connectivity index (χ0v) is 16.8. The van der Waals surface area contributed by atoms with Gasteiger partial charge in [0.15, 0.2) is 0 Å². The Morgan fingerprint density at radius 3 is 2.50 bits per heavy atom. The number of nitrogens with one attached hydrogen (secondary N) is 2. The highest BCUT2D eigenvalue weighted by atomic mass is 35.5. The summed E-state index contributed by atoms with van der Waals surface area (Å²) in [6.45, 7) is 1.23. The second-order valence-electron chi connectivity index (χ2n) is 6.51. The van der Waals surface area contributed by atoms with Crippen LogP contribution in [0, 0.1) is 0 Å². The summed E-state index contributed by atoms with van der Waals surface area (Å²) in [4.78, 5) is 20.0. The fourth-order valence-corrected chi connectivity index (χ4v) is 3.01. The molecule has 0 unspecified atom stereocenters. The first-order valence-corrected chi connectivity index (χ1v) is 9.24. The molecular formula is C20H18ClF3N4O2. The Morgan fingerprint density at radius 1 is 1.20 bits per heavy atom. The van der Waals surface area contributed by atoms with Crippen molar-refractivity contribution in [1.29, 1.82) is 0 Å².